The molecule has 0 aromatic heterocycles. The first-order valence-corrected chi connectivity index (χ1v) is 10.1. The van der Waals surface area contributed by atoms with Crippen molar-refractivity contribution in [1.29, 1.82) is 0 Å². The molecule has 0 radical (unpaired) electrons. The van der Waals surface area contributed by atoms with E-state index in [4.69, 9.17) is 4.74 Å². The van der Waals surface area contributed by atoms with Crippen LogP contribution in [0.1, 0.15) is 55.8 Å². The Bertz CT molecular complexity index is 655. The topological polar surface area (TPSA) is 38.3 Å². The average molecular weight is 451 g/mol. The molecule has 0 atom stereocenters. The Morgan fingerprint density at radius 2 is 1.64 bits per heavy atom. The van der Waals surface area contributed by atoms with Crippen LogP contribution in [0.2, 0.25) is 0 Å². The normalized spacial score (nSPS) is 10.5. The number of unbranched alkanes of at least 4 members (excludes halogenated alkanes) is 5. The summed E-state index contributed by atoms with van der Waals surface area (Å²) in [5.74, 6) is 0.513. The number of anilines is 1. The number of ether oxygens (including phenoxy) is 1. The molecule has 4 heteroatoms. The molecule has 0 saturated carbocycles. The number of benzene rings is 2. The van der Waals surface area contributed by atoms with Crippen molar-refractivity contribution in [3.63, 3.8) is 0 Å². The molecule has 2 aromatic rings. The van der Waals surface area contributed by atoms with Crippen LogP contribution >= 0.6 is 22.6 Å². The number of halogens is 1. The predicted octanol–water partition coefficient (Wildman–Crippen LogP) is 6.28. The number of para-hydroxylation sites is 1. The highest BCUT2D eigenvalue weighted by atomic mass is 127. The lowest BCUT2D eigenvalue weighted by Crippen LogP contribution is -2.14. The number of nitrogens with one attached hydrogen (secondary N) is 1. The molecule has 3 nitrogen and oxygen atoms in total. The third-order valence-corrected chi connectivity index (χ3v) is 4.71. The Kier molecular flexibility index (Phi) is 8.80. The van der Waals surface area contributed by atoms with Gasteiger partial charge < -0.3 is 10.1 Å². The van der Waals surface area contributed by atoms with Crippen LogP contribution in [-0.4, -0.2) is 12.5 Å². The molecule has 1 N–H and O–H groups in total. The van der Waals surface area contributed by atoms with E-state index in [1.807, 2.05) is 42.5 Å². The van der Waals surface area contributed by atoms with Gasteiger partial charge in [0, 0.05) is 9.26 Å². The van der Waals surface area contributed by atoms with Crippen molar-refractivity contribution < 1.29 is 9.53 Å². The van der Waals surface area contributed by atoms with Gasteiger partial charge in [-0.05, 0) is 65.4 Å². The molecule has 0 bridgehead atoms. The van der Waals surface area contributed by atoms with Crippen molar-refractivity contribution in [2.75, 3.05) is 11.9 Å². The van der Waals surface area contributed by atoms with Crippen molar-refractivity contribution in [3.8, 4) is 5.75 Å². The first-order chi connectivity index (χ1) is 12.2. The Morgan fingerprint density at radius 3 is 2.40 bits per heavy atom. The molecule has 0 heterocycles. The van der Waals surface area contributed by atoms with E-state index in [-0.39, 0.29) is 5.91 Å². The van der Waals surface area contributed by atoms with Crippen molar-refractivity contribution in [3.05, 3.63) is 57.7 Å². The number of hydrogen-bond donors (Lipinski definition) is 1. The molecule has 25 heavy (non-hydrogen) atoms. The van der Waals surface area contributed by atoms with Crippen molar-refractivity contribution in [1.82, 2.24) is 0 Å². The summed E-state index contributed by atoms with van der Waals surface area (Å²) in [6.45, 7) is 2.88. The zero-order valence-electron chi connectivity index (χ0n) is 14.8. The molecule has 0 fully saturated rings. The van der Waals surface area contributed by atoms with Gasteiger partial charge in [-0.3, -0.25) is 4.79 Å². The molecule has 1 amide bonds. The molecule has 0 unspecified atom stereocenters. The first kappa shape index (κ1) is 19.8. The Labute approximate surface area is 164 Å². The van der Waals surface area contributed by atoms with Gasteiger partial charge in [0.25, 0.3) is 5.91 Å². The van der Waals surface area contributed by atoms with Crippen LogP contribution in [0.5, 0.6) is 5.75 Å². The maximum Gasteiger partial charge on any atom is 0.259 e. The fourth-order valence-electron chi connectivity index (χ4n) is 2.58. The molecule has 134 valence electrons. The third kappa shape index (κ3) is 7.06. The Hall–Kier alpha value is -1.56. The van der Waals surface area contributed by atoms with Gasteiger partial charge in [0.15, 0.2) is 0 Å². The molecule has 2 aromatic carbocycles. The molecule has 2 rings (SSSR count). The van der Waals surface area contributed by atoms with Crippen LogP contribution in [0.15, 0.2) is 48.5 Å². The van der Waals surface area contributed by atoms with Crippen molar-refractivity contribution >= 4 is 34.2 Å². The molecular formula is C21H26INO2. The summed E-state index contributed by atoms with van der Waals surface area (Å²) in [7, 11) is 0. The lowest BCUT2D eigenvalue weighted by atomic mass is 10.1. The maximum atomic E-state index is 12.5. The number of amides is 1. The van der Waals surface area contributed by atoms with Crippen molar-refractivity contribution in [2.24, 2.45) is 0 Å². The van der Waals surface area contributed by atoms with E-state index in [0.717, 1.165) is 15.7 Å². The fraction of sp³-hybridized carbons (Fsp3) is 0.381. The van der Waals surface area contributed by atoms with E-state index in [1.165, 1.54) is 32.1 Å². The quantitative estimate of drug-likeness (QED) is 0.341. The van der Waals surface area contributed by atoms with E-state index in [0.29, 0.717) is 17.9 Å². The smallest absolute Gasteiger partial charge is 0.259 e. The van der Waals surface area contributed by atoms with E-state index < -0.39 is 0 Å². The van der Waals surface area contributed by atoms with Gasteiger partial charge in [0.05, 0.1) is 12.2 Å². The Morgan fingerprint density at radius 1 is 0.960 bits per heavy atom. The van der Waals surface area contributed by atoms with Gasteiger partial charge in [-0.25, -0.2) is 0 Å². The number of rotatable bonds is 10. The molecule has 0 aliphatic rings. The standard InChI is InChI=1S/C21H26INO2/c1-2-3-4-5-6-9-16-25-20-11-8-7-10-19(20)21(24)23-18-14-12-17(22)13-15-18/h7-8,10-15H,2-6,9,16H2,1H3,(H,23,24). The highest BCUT2D eigenvalue weighted by Gasteiger charge is 2.12. The summed E-state index contributed by atoms with van der Waals surface area (Å²) in [6.07, 6.45) is 7.33. The minimum Gasteiger partial charge on any atom is -0.493 e. The molecule has 0 spiro atoms. The monoisotopic (exact) mass is 451 g/mol. The summed E-state index contributed by atoms with van der Waals surface area (Å²) in [4.78, 5) is 12.5. The van der Waals surface area contributed by atoms with Gasteiger partial charge in [-0.2, -0.15) is 0 Å². The van der Waals surface area contributed by atoms with Crippen LogP contribution in [-0.2, 0) is 0 Å². The second-order valence-electron chi connectivity index (χ2n) is 6.07. The van der Waals surface area contributed by atoms with E-state index in [2.05, 4.69) is 34.8 Å². The maximum absolute atomic E-state index is 12.5. The Balaban J connectivity index is 1.86. The second-order valence-corrected chi connectivity index (χ2v) is 7.32. The van der Waals surface area contributed by atoms with E-state index in [1.54, 1.807) is 6.07 Å². The fourth-order valence-corrected chi connectivity index (χ4v) is 2.94. The summed E-state index contributed by atoms with van der Waals surface area (Å²) >= 11 is 2.24. The van der Waals surface area contributed by atoms with E-state index >= 15 is 0 Å². The van der Waals surface area contributed by atoms with Crippen LogP contribution < -0.4 is 10.1 Å². The summed E-state index contributed by atoms with van der Waals surface area (Å²) in [5.41, 5.74) is 1.36. The first-order valence-electron chi connectivity index (χ1n) is 8.99. The van der Waals surface area contributed by atoms with E-state index in [9.17, 15) is 4.79 Å². The highest BCUT2D eigenvalue weighted by Crippen LogP contribution is 2.21. The zero-order valence-corrected chi connectivity index (χ0v) is 16.9. The molecular weight excluding hydrogens is 425 g/mol. The summed E-state index contributed by atoms with van der Waals surface area (Å²) < 4.78 is 7.00. The van der Waals surface area contributed by atoms with Gasteiger partial charge >= 0.3 is 0 Å². The van der Waals surface area contributed by atoms with Crippen LogP contribution in [0.25, 0.3) is 0 Å². The lowest BCUT2D eigenvalue weighted by molar-refractivity contribution is 0.102. The highest BCUT2D eigenvalue weighted by molar-refractivity contribution is 14.1. The molecule has 0 saturated heterocycles. The zero-order chi connectivity index (χ0) is 17.9. The predicted molar refractivity (Wildman–Crippen MR) is 112 cm³/mol. The van der Waals surface area contributed by atoms with Gasteiger partial charge in [0.1, 0.15) is 5.75 Å². The minimum absolute atomic E-state index is 0.139. The number of carbonyl (C=O) groups is 1. The van der Waals surface area contributed by atoms with Crippen LogP contribution in [0.4, 0.5) is 5.69 Å². The largest absolute Gasteiger partial charge is 0.493 e. The summed E-state index contributed by atoms with van der Waals surface area (Å²) in [6, 6.07) is 15.2. The van der Waals surface area contributed by atoms with Gasteiger partial charge in [-0.15, -0.1) is 0 Å². The minimum atomic E-state index is -0.139. The molecule has 0 aliphatic carbocycles. The van der Waals surface area contributed by atoms with Crippen LogP contribution in [0, 0.1) is 3.57 Å². The van der Waals surface area contributed by atoms with Gasteiger partial charge in [-0.1, -0.05) is 51.2 Å². The summed E-state index contributed by atoms with van der Waals surface area (Å²) in [5, 5.41) is 2.93. The lowest BCUT2D eigenvalue weighted by Gasteiger charge is -2.12. The SMILES string of the molecule is CCCCCCCCOc1ccccc1C(=O)Nc1ccc(I)cc1. The second kappa shape index (κ2) is 11.1. The number of hydrogen-bond acceptors (Lipinski definition) is 2. The van der Waals surface area contributed by atoms with Crippen molar-refractivity contribution in [2.45, 2.75) is 45.4 Å². The molecule has 0 aliphatic heterocycles. The third-order valence-electron chi connectivity index (χ3n) is 3.99. The number of carbonyl (C=O) groups excluding carboxylic acids is 1. The average Bonchev–Trinajstić information content (AvgIpc) is 2.63. The van der Waals surface area contributed by atoms with Crippen LogP contribution in [0.3, 0.4) is 0 Å². The van der Waals surface area contributed by atoms with Gasteiger partial charge in [0.2, 0.25) is 0 Å².